The number of carbonyl (C=O) groups is 1. The highest BCUT2D eigenvalue weighted by atomic mass is 16.5. The van der Waals surface area contributed by atoms with E-state index in [2.05, 4.69) is 15.4 Å². The van der Waals surface area contributed by atoms with E-state index in [0.29, 0.717) is 12.1 Å². The van der Waals surface area contributed by atoms with Gasteiger partial charge < -0.3 is 10.1 Å². The van der Waals surface area contributed by atoms with Crippen molar-refractivity contribution < 1.29 is 9.53 Å². The normalized spacial score (nSPS) is 17.8. The van der Waals surface area contributed by atoms with Crippen LogP contribution in [0.15, 0.2) is 36.8 Å². The maximum Gasteiger partial charge on any atom is 0.224 e. The molecule has 3 heterocycles. The van der Waals surface area contributed by atoms with Gasteiger partial charge in [0, 0.05) is 25.4 Å². The zero-order valence-electron chi connectivity index (χ0n) is 11.7. The molecular formula is C15H18N4O2. The summed E-state index contributed by atoms with van der Waals surface area (Å²) in [6.45, 7) is 0.824. The van der Waals surface area contributed by atoms with Crippen molar-refractivity contribution in [3.8, 4) is 5.82 Å². The van der Waals surface area contributed by atoms with Gasteiger partial charge in [0.2, 0.25) is 5.91 Å². The number of aromatic nitrogens is 3. The van der Waals surface area contributed by atoms with Gasteiger partial charge in [0.25, 0.3) is 0 Å². The summed E-state index contributed by atoms with van der Waals surface area (Å²) >= 11 is 0. The Kier molecular flexibility index (Phi) is 4.25. The van der Waals surface area contributed by atoms with Crippen LogP contribution in [0.3, 0.4) is 0 Å². The average Bonchev–Trinajstić information content (AvgIpc) is 3.19. The third-order valence-electron chi connectivity index (χ3n) is 3.49. The van der Waals surface area contributed by atoms with Gasteiger partial charge in [0.05, 0.1) is 18.0 Å². The van der Waals surface area contributed by atoms with Crippen LogP contribution >= 0.6 is 0 Å². The molecule has 0 saturated carbocycles. The Bertz CT molecular complexity index is 574. The molecule has 6 nitrogen and oxygen atoms in total. The van der Waals surface area contributed by atoms with Crippen LogP contribution in [-0.4, -0.2) is 33.4 Å². The van der Waals surface area contributed by atoms with E-state index in [1.807, 2.05) is 24.4 Å². The fourth-order valence-corrected chi connectivity index (χ4v) is 2.39. The predicted octanol–water partition coefficient (Wildman–Crippen LogP) is 2.17. The van der Waals surface area contributed by atoms with Crippen LogP contribution in [0.5, 0.6) is 0 Å². The fraction of sp³-hybridized carbons (Fsp3) is 0.400. The maximum atomic E-state index is 11.9. The van der Waals surface area contributed by atoms with E-state index in [1.54, 1.807) is 17.1 Å². The van der Waals surface area contributed by atoms with Gasteiger partial charge in [-0.05, 0) is 37.5 Å². The van der Waals surface area contributed by atoms with Crippen molar-refractivity contribution in [2.24, 2.45) is 0 Å². The van der Waals surface area contributed by atoms with E-state index in [-0.39, 0.29) is 12.0 Å². The van der Waals surface area contributed by atoms with Gasteiger partial charge >= 0.3 is 0 Å². The van der Waals surface area contributed by atoms with Gasteiger partial charge in [-0.1, -0.05) is 0 Å². The molecule has 1 amide bonds. The third kappa shape index (κ3) is 3.66. The van der Waals surface area contributed by atoms with Crippen LogP contribution in [0.1, 0.15) is 25.7 Å². The third-order valence-corrected chi connectivity index (χ3v) is 3.49. The minimum absolute atomic E-state index is 0.000797. The SMILES string of the molecule is O=C(CC[C@H]1CCCO1)Nc1ccc(-n2cccn2)nc1. The van der Waals surface area contributed by atoms with Gasteiger partial charge in [-0.15, -0.1) is 0 Å². The molecule has 0 aliphatic carbocycles. The van der Waals surface area contributed by atoms with Gasteiger partial charge in [0.15, 0.2) is 5.82 Å². The second-order valence-corrected chi connectivity index (χ2v) is 5.08. The van der Waals surface area contributed by atoms with E-state index in [0.717, 1.165) is 31.7 Å². The molecule has 1 atom stereocenters. The first-order valence-corrected chi connectivity index (χ1v) is 7.19. The van der Waals surface area contributed by atoms with E-state index < -0.39 is 0 Å². The first kappa shape index (κ1) is 13.8. The lowest BCUT2D eigenvalue weighted by molar-refractivity contribution is -0.116. The molecule has 1 N–H and O–H groups in total. The van der Waals surface area contributed by atoms with Crippen LogP contribution < -0.4 is 5.32 Å². The Morgan fingerprint density at radius 2 is 2.43 bits per heavy atom. The molecule has 6 heteroatoms. The molecule has 110 valence electrons. The predicted molar refractivity (Wildman–Crippen MR) is 78.2 cm³/mol. The van der Waals surface area contributed by atoms with E-state index in [1.165, 1.54) is 0 Å². The molecule has 1 fully saturated rings. The highest BCUT2D eigenvalue weighted by Gasteiger charge is 2.16. The van der Waals surface area contributed by atoms with E-state index in [9.17, 15) is 4.79 Å². The molecule has 2 aromatic rings. The summed E-state index contributed by atoms with van der Waals surface area (Å²) < 4.78 is 7.18. The number of pyridine rings is 1. The molecular weight excluding hydrogens is 268 g/mol. The van der Waals surface area contributed by atoms with Crippen LogP contribution in [0.2, 0.25) is 0 Å². The number of ether oxygens (including phenoxy) is 1. The summed E-state index contributed by atoms with van der Waals surface area (Å²) in [5, 5.41) is 6.96. The molecule has 2 aromatic heterocycles. The molecule has 21 heavy (non-hydrogen) atoms. The number of nitrogens with zero attached hydrogens (tertiary/aromatic N) is 3. The van der Waals surface area contributed by atoms with E-state index >= 15 is 0 Å². The van der Waals surface area contributed by atoms with Gasteiger partial charge in [0.1, 0.15) is 0 Å². The molecule has 3 rings (SSSR count). The molecule has 0 aromatic carbocycles. The van der Waals surface area contributed by atoms with Crippen LogP contribution in [-0.2, 0) is 9.53 Å². The Labute approximate surface area is 123 Å². The largest absolute Gasteiger partial charge is 0.378 e. The topological polar surface area (TPSA) is 69.0 Å². The number of hydrogen-bond donors (Lipinski definition) is 1. The first-order valence-electron chi connectivity index (χ1n) is 7.19. The zero-order chi connectivity index (χ0) is 14.5. The Hall–Kier alpha value is -2.21. The second-order valence-electron chi connectivity index (χ2n) is 5.08. The minimum Gasteiger partial charge on any atom is -0.378 e. The van der Waals surface area contributed by atoms with Crippen molar-refractivity contribution in [1.82, 2.24) is 14.8 Å². The van der Waals surface area contributed by atoms with Crippen molar-refractivity contribution in [3.05, 3.63) is 36.8 Å². The average molecular weight is 286 g/mol. The smallest absolute Gasteiger partial charge is 0.224 e. The summed E-state index contributed by atoms with van der Waals surface area (Å²) in [6.07, 6.45) is 8.83. The van der Waals surface area contributed by atoms with Crippen molar-refractivity contribution in [2.45, 2.75) is 31.8 Å². The highest BCUT2D eigenvalue weighted by molar-refractivity contribution is 5.90. The van der Waals surface area contributed by atoms with Crippen LogP contribution in [0.4, 0.5) is 5.69 Å². The Balaban J connectivity index is 1.51. The summed E-state index contributed by atoms with van der Waals surface area (Å²) in [4.78, 5) is 16.1. The lowest BCUT2D eigenvalue weighted by atomic mass is 10.1. The lowest BCUT2D eigenvalue weighted by Gasteiger charge is -2.09. The second kappa shape index (κ2) is 6.49. The first-order chi connectivity index (χ1) is 10.3. The van der Waals surface area contributed by atoms with Gasteiger partial charge in [-0.2, -0.15) is 5.10 Å². The van der Waals surface area contributed by atoms with Crippen molar-refractivity contribution in [1.29, 1.82) is 0 Å². The Morgan fingerprint density at radius 3 is 3.10 bits per heavy atom. The quantitative estimate of drug-likeness (QED) is 0.914. The minimum atomic E-state index is -0.000797. The maximum absolute atomic E-state index is 11.9. The van der Waals surface area contributed by atoms with Gasteiger partial charge in [-0.25, -0.2) is 9.67 Å². The van der Waals surface area contributed by atoms with Crippen molar-refractivity contribution >= 4 is 11.6 Å². The molecule has 0 spiro atoms. The molecule has 0 unspecified atom stereocenters. The number of amides is 1. The molecule has 1 aliphatic rings. The van der Waals surface area contributed by atoms with Crippen LogP contribution in [0, 0.1) is 0 Å². The van der Waals surface area contributed by atoms with Crippen LogP contribution in [0.25, 0.3) is 5.82 Å². The number of nitrogens with one attached hydrogen (secondary N) is 1. The summed E-state index contributed by atoms with van der Waals surface area (Å²) in [5.74, 6) is 0.719. The zero-order valence-corrected chi connectivity index (χ0v) is 11.7. The number of hydrogen-bond acceptors (Lipinski definition) is 4. The number of anilines is 1. The van der Waals surface area contributed by atoms with Gasteiger partial charge in [-0.3, -0.25) is 4.79 Å². The standard InChI is InChI=1S/C15H18N4O2/c20-15(7-5-13-3-1-10-21-13)18-12-4-6-14(16-11-12)19-9-2-8-17-19/h2,4,6,8-9,11,13H,1,3,5,7,10H2,(H,18,20)/t13-/m1/s1. The summed E-state index contributed by atoms with van der Waals surface area (Å²) in [7, 11) is 0. The highest BCUT2D eigenvalue weighted by Crippen LogP contribution is 2.17. The summed E-state index contributed by atoms with van der Waals surface area (Å²) in [6, 6.07) is 5.49. The summed E-state index contributed by atoms with van der Waals surface area (Å²) in [5.41, 5.74) is 0.697. The number of carbonyl (C=O) groups excluding carboxylic acids is 1. The van der Waals surface area contributed by atoms with E-state index in [4.69, 9.17) is 4.74 Å². The van der Waals surface area contributed by atoms with Crippen molar-refractivity contribution in [2.75, 3.05) is 11.9 Å². The number of rotatable bonds is 5. The van der Waals surface area contributed by atoms with Crippen molar-refractivity contribution in [3.63, 3.8) is 0 Å². The lowest BCUT2D eigenvalue weighted by Crippen LogP contribution is -2.15. The molecule has 1 aliphatic heterocycles. The molecule has 0 radical (unpaired) electrons. The monoisotopic (exact) mass is 286 g/mol. The fourth-order valence-electron chi connectivity index (χ4n) is 2.39. The molecule has 1 saturated heterocycles. The Morgan fingerprint density at radius 1 is 1.48 bits per heavy atom. The molecule has 0 bridgehead atoms.